The SMILES string of the molecule is [2H]OS(=O)(=O)OC[C@@H](O)[C@@H](O)[C@@H]1O[C@](CO)(OCc2ccccc2)C[C@H](O)[C@H]1O. The number of benzene rings is 1. The molecule has 2 rings (SSSR count). The molecule has 1 aromatic carbocycles. The molecule has 1 aromatic rings. The van der Waals surface area contributed by atoms with Crippen LogP contribution in [0.25, 0.3) is 1.43 Å². The van der Waals surface area contributed by atoms with E-state index in [1.165, 1.54) is 0 Å². The lowest BCUT2D eigenvalue weighted by atomic mass is 9.91. The van der Waals surface area contributed by atoms with Crippen molar-refractivity contribution in [2.75, 3.05) is 13.2 Å². The summed E-state index contributed by atoms with van der Waals surface area (Å²) in [5.41, 5.74) is 0.732. The van der Waals surface area contributed by atoms with Crippen LogP contribution in [0.3, 0.4) is 0 Å². The smallest absolute Gasteiger partial charge is 0.391 e. The molecule has 0 unspecified atom stereocenters. The molecule has 0 bridgehead atoms. The van der Waals surface area contributed by atoms with Crippen LogP contribution in [0.15, 0.2) is 30.3 Å². The molecule has 12 heteroatoms. The maximum absolute atomic E-state index is 11.0. The van der Waals surface area contributed by atoms with E-state index < -0.39 is 59.9 Å². The lowest BCUT2D eigenvalue weighted by molar-refractivity contribution is -0.349. The molecule has 0 spiro atoms. The third-order valence-corrected chi connectivity index (χ3v) is 4.73. The summed E-state index contributed by atoms with van der Waals surface area (Å²) < 4.78 is 46.9. The van der Waals surface area contributed by atoms with Crippen LogP contribution in [0.2, 0.25) is 0 Å². The molecular weight excluding hydrogens is 400 g/mol. The summed E-state index contributed by atoms with van der Waals surface area (Å²) in [7, 11) is -4.69. The molecular formula is C16H24O11S. The second-order valence-electron chi connectivity index (χ2n) is 6.44. The van der Waals surface area contributed by atoms with Gasteiger partial charge in [0.2, 0.25) is 1.43 Å². The average Bonchev–Trinajstić information content (AvgIpc) is 2.73. The Balaban J connectivity index is 2.09. The molecule has 6 atom stereocenters. The van der Waals surface area contributed by atoms with Crippen molar-refractivity contribution in [3.8, 4) is 0 Å². The molecule has 1 saturated heterocycles. The first-order valence-corrected chi connectivity index (χ1v) is 9.69. The Morgan fingerprint density at radius 2 is 1.96 bits per heavy atom. The molecule has 0 saturated carbocycles. The highest BCUT2D eigenvalue weighted by Crippen LogP contribution is 2.33. The van der Waals surface area contributed by atoms with Crippen LogP contribution in [0.5, 0.6) is 0 Å². The molecule has 28 heavy (non-hydrogen) atoms. The van der Waals surface area contributed by atoms with E-state index in [0.29, 0.717) is 0 Å². The molecule has 1 fully saturated rings. The Labute approximate surface area is 163 Å². The predicted molar refractivity (Wildman–Crippen MR) is 92.1 cm³/mol. The van der Waals surface area contributed by atoms with Crippen molar-refractivity contribution < 1.29 is 52.2 Å². The van der Waals surface area contributed by atoms with E-state index in [2.05, 4.69) is 8.74 Å². The van der Waals surface area contributed by atoms with Gasteiger partial charge in [-0.2, -0.15) is 8.42 Å². The first-order chi connectivity index (χ1) is 13.6. The Morgan fingerprint density at radius 1 is 1.29 bits per heavy atom. The summed E-state index contributed by atoms with van der Waals surface area (Å²) in [5, 5.41) is 50.3. The van der Waals surface area contributed by atoms with Crippen LogP contribution in [0.4, 0.5) is 0 Å². The zero-order chi connectivity index (χ0) is 21.7. The van der Waals surface area contributed by atoms with E-state index in [1.54, 1.807) is 30.3 Å². The van der Waals surface area contributed by atoms with E-state index in [9.17, 15) is 34.0 Å². The lowest BCUT2D eigenvalue weighted by Crippen LogP contribution is -2.62. The van der Waals surface area contributed by atoms with E-state index in [1.807, 2.05) is 0 Å². The second-order valence-corrected chi connectivity index (χ2v) is 7.49. The molecule has 0 aromatic heterocycles. The van der Waals surface area contributed by atoms with Crippen molar-refractivity contribution >= 4 is 10.4 Å². The number of aliphatic hydroxyl groups is 5. The van der Waals surface area contributed by atoms with Crippen LogP contribution in [0, 0.1) is 0 Å². The minimum absolute atomic E-state index is 0.0161. The molecule has 0 aliphatic carbocycles. The van der Waals surface area contributed by atoms with Gasteiger partial charge in [-0.1, -0.05) is 30.3 Å². The normalized spacial score (nSPS) is 31.2. The van der Waals surface area contributed by atoms with Crippen molar-refractivity contribution in [2.24, 2.45) is 0 Å². The number of hydrogen-bond donors (Lipinski definition) is 6. The van der Waals surface area contributed by atoms with Crippen molar-refractivity contribution in [1.82, 2.24) is 0 Å². The molecule has 1 aliphatic heterocycles. The minimum atomic E-state index is -4.69. The highest BCUT2D eigenvalue weighted by atomic mass is 32.3. The van der Waals surface area contributed by atoms with E-state index in [-0.39, 0.29) is 13.0 Å². The van der Waals surface area contributed by atoms with Gasteiger partial charge in [-0.3, -0.25) is 4.56 Å². The highest BCUT2D eigenvalue weighted by molar-refractivity contribution is 7.80. The zero-order valence-electron chi connectivity index (χ0n) is 15.7. The summed E-state index contributed by atoms with van der Waals surface area (Å²) >= 11 is 0. The molecule has 11 nitrogen and oxygen atoms in total. The number of hydrogen-bond acceptors (Lipinski definition) is 11. The topological polar surface area (TPSA) is 183 Å². The van der Waals surface area contributed by atoms with Crippen LogP contribution < -0.4 is 0 Å². The Hall–Kier alpha value is -1.19. The summed E-state index contributed by atoms with van der Waals surface area (Å²) in [6, 6.07) is 8.83. The summed E-state index contributed by atoms with van der Waals surface area (Å²) in [5.74, 6) is -1.79. The summed E-state index contributed by atoms with van der Waals surface area (Å²) in [6.07, 6.45) is -8.99. The van der Waals surface area contributed by atoms with Crippen molar-refractivity contribution in [1.29, 1.82) is 1.43 Å². The van der Waals surface area contributed by atoms with Crippen LogP contribution in [-0.4, -0.2) is 88.0 Å². The minimum Gasteiger partial charge on any atom is -0.391 e. The van der Waals surface area contributed by atoms with Crippen molar-refractivity contribution in [3.63, 3.8) is 0 Å². The Kier molecular flexibility index (Phi) is 7.33. The third-order valence-electron chi connectivity index (χ3n) is 4.30. The van der Waals surface area contributed by atoms with Crippen molar-refractivity contribution in [2.45, 2.75) is 49.3 Å². The third kappa shape index (κ3) is 6.15. The number of rotatable bonds is 10. The lowest BCUT2D eigenvalue weighted by Gasteiger charge is -2.46. The van der Waals surface area contributed by atoms with Gasteiger partial charge in [0.25, 0.3) is 0 Å². The molecule has 1 heterocycles. The fourth-order valence-corrected chi connectivity index (χ4v) is 3.10. The van der Waals surface area contributed by atoms with E-state index >= 15 is 0 Å². The standard InChI is InChI=1S/C16H24O11S/c17-9-16(25-7-10-4-2-1-3-5-10)6-11(18)13(20)15(27-16)14(21)12(19)8-26-28(22,23)24/h1-5,11-15,17-21H,6-9H2,(H,22,23,24)/t11-,12+,13+,14+,15+,16+/m0/s1/i/hD. The zero-order valence-corrected chi connectivity index (χ0v) is 15.5. The van der Waals surface area contributed by atoms with Gasteiger partial charge >= 0.3 is 10.4 Å². The quantitative estimate of drug-likeness (QED) is 0.227. The summed E-state index contributed by atoms with van der Waals surface area (Å²) in [6.45, 7) is -1.76. The van der Waals surface area contributed by atoms with Gasteiger partial charge in [0.15, 0.2) is 5.79 Å². The van der Waals surface area contributed by atoms with E-state index in [4.69, 9.17) is 10.9 Å². The first-order valence-electron chi connectivity index (χ1n) is 8.77. The van der Waals surface area contributed by atoms with Crippen LogP contribution in [0.1, 0.15) is 12.0 Å². The predicted octanol–water partition coefficient (Wildman–Crippen LogP) is -2.06. The van der Waals surface area contributed by atoms with Gasteiger partial charge in [0, 0.05) is 6.42 Å². The fraction of sp³-hybridized carbons (Fsp3) is 0.625. The molecule has 1 aliphatic rings. The fourth-order valence-electron chi connectivity index (χ4n) is 2.80. The van der Waals surface area contributed by atoms with Gasteiger partial charge in [-0.15, -0.1) is 0 Å². The number of ether oxygens (including phenoxy) is 2. The molecule has 0 amide bonds. The van der Waals surface area contributed by atoms with Crippen LogP contribution in [-0.2, 0) is 30.7 Å². The maximum atomic E-state index is 11.0. The largest absolute Gasteiger partial charge is 0.397 e. The Morgan fingerprint density at radius 3 is 2.57 bits per heavy atom. The highest BCUT2D eigenvalue weighted by Gasteiger charge is 2.50. The maximum Gasteiger partial charge on any atom is 0.397 e. The molecule has 0 radical (unpaired) electrons. The van der Waals surface area contributed by atoms with Gasteiger partial charge in [-0.05, 0) is 5.56 Å². The average molecular weight is 425 g/mol. The van der Waals surface area contributed by atoms with Gasteiger partial charge in [0.1, 0.15) is 24.4 Å². The summed E-state index contributed by atoms with van der Waals surface area (Å²) in [4.78, 5) is 0. The van der Waals surface area contributed by atoms with Gasteiger partial charge in [-0.25, -0.2) is 4.18 Å². The number of aliphatic hydroxyl groups excluding tert-OH is 5. The van der Waals surface area contributed by atoms with Crippen molar-refractivity contribution in [3.05, 3.63) is 35.9 Å². The monoisotopic (exact) mass is 425 g/mol. The van der Waals surface area contributed by atoms with E-state index in [0.717, 1.165) is 5.56 Å². The molecule has 160 valence electrons. The van der Waals surface area contributed by atoms with Gasteiger partial charge < -0.3 is 35.0 Å². The van der Waals surface area contributed by atoms with Crippen LogP contribution >= 0.6 is 0 Å². The second kappa shape index (κ2) is 9.54. The van der Waals surface area contributed by atoms with Gasteiger partial charge in [0.05, 0.1) is 25.9 Å². The first kappa shape index (κ1) is 21.5. The Bertz CT molecular complexity index is 734. The molecule has 6 N–H and O–H groups in total.